The molecule has 0 unspecified atom stereocenters. The predicted octanol–water partition coefficient (Wildman–Crippen LogP) is 4.94. The molecule has 1 fully saturated rings. The molecule has 7 rings (SSSR count). The summed E-state index contributed by atoms with van der Waals surface area (Å²) in [5.41, 5.74) is 10.1. The lowest BCUT2D eigenvalue weighted by atomic mass is 10.1. The Bertz CT molecular complexity index is 2670. The van der Waals surface area contributed by atoms with E-state index in [0.717, 1.165) is 44.2 Å². The van der Waals surface area contributed by atoms with Crippen LogP contribution in [0.2, 0.25) is 0 Å². The molecule has 0 radical (unpaired) electrons. The van der Waals surface area contributed by atoms with Crippen LogP contribution in [0.15, 0.2) is 42.5 Å². The number of hydrogen-bond donors (Lipinski definition) is 3. The van der Waals surface area contributed by atoms with E-state index in [1.54, 1.807) is 39.6 Å². The van der Waals surface area contributed by atoms with E-state index in [1.165, 1.54) is 18.4 Å². The highest BCUT2D eigenvalue weighted by Gasteiger charge is 2.24. The maximum atomic E-state index is 13.9. The van der Waals surface area contributed by atoms with Gasteiger partial charge in [0, 0.05) is 63.5 Å². The van der Waals surface area contributed by atoms with E-state index in [-0.39, 0.29) is 36.5 Å². The van der Waals surface area contributed by atoms with Crippen molar-refractivity contribution >= 4 is 69.3 Å². The van der Waals surface area contributed by atoms with Gasteiger partial charge in [0.25, 0.3) is 11.8 Å². The fourth-order valence-electron chi connectivity index (χ4n) is 7.59. The number of carbonyl (C=O) groups is 4. The lowest BCUT2D eigenvalue weighted by Gasteiger charge is -2.32. The Labute approximate surface area is 362 Å². The first-order chi connectivity index (χ1) is 29.9. The van der Waals surface area contributed by atoms with Crippen molar-refractivity contribution in [3.05, 3.63) is 80.6 Å². The van der Waals surface area contributed by atoms with Crippen LogP contribution in [-0.2, 0) is 26.1 Å². The zero-order valence-electron chi connectivity index (χ0n) is 35.9. The van der Waals surface area contributed by atoms with Crippen LogP contribution in [0, 0.1) is 13.8 Å². The number of anilines is 2. The standard InChI is InChI=1S/C43H52N12O6S/c1-7-30-38(62-27(4)45-30)41(59)49-43-47-32-23-29(39(44)57)24-35(61-19-11-12-52-17-15-51(5)16-18-52)37(32)54(43)14-10-9-13-53-36-31(21-28(25-56)22-34(36)60-6)46-42(53)48-40(58)33-20-26(3)50-55(33)8-2/h9-10,20-25H,7-8,11-19H2,1-6H3,(H2,44,57)(H,46,48,58)(H,47,49,59)/b10-9+. The Morgan fingerprint density at radius 1 is 0.871 bits per heavy atom. The van der Waals surface area contributed by atoms with E-state index in [0.29, 0.717) is 86.9 Å². The van der Waals surface area contributed by atoms with Crippen LogP contribution in [0.1, 0.15) is 77.5 Å². The normalized spacial score (nSPS) is 13.6. The first-order valence-corrected chi connectivity index (χ1v) is 21.4. The molecule has 0 spiro atoms. The first-order valence-electron chi connectivity index (χ1n) is 20.6. The number of ether oxygens (including phenoxy) is 2. The number of methoxy groups -OCH3 is 1. The van der Waals surface area contributed by atoms with Crippen molar-refractivity contribution in [2.45, 2.75) is 60.2 Å². The number of aldehydes is 1. The van der Waals surface area contributed by atoms with Crippen LogP contribution in [-0.4, -0.2) is 121 Å². The van der Waals surface area contributed by atoms with Crippen molar-refractivity contribution in [3.8, 4) is 11.5 Å². The first kappa shape index (κ1) is 43.6. The summed E-state index contributed by atoms with van der Waals surface area (Å²) in [4.78, 5) is 71.2. The maximum Gasteiger partial charge on any atom is 0.276 e. The van der Waals surface area contributed by atoms with Crippen LogP contribution in [0.4, 0.5) is 11.9 Å². The van der Waals surface area contributed by atoms with Crippen LogP contribution in [0.3, 0.4) is 0 Å². The highest BCUT2D eigenvalue weighted by atomic mass is 32.1. The molecule has 4 N–H and O–H groups in total. The van der Waals surface area contributed by atoms with Gasteiger partial charge in [-0.25, -0.2) is 15.0 Å². The molecule has 18 nitrogen and oxygen atoms in total. The van der Waals surface area contributed by atoms with Gasteiger partial charge in [0.1, 0.15) is 39.4 Å². The number of fused-ring (bicyclic) bond motifs is 2. The van der Waals surface area contributed by atoms with Gasteiger partial charge in [0.2, 0.25) is 17.8 Å². The number of aryl methyl sites for hydroxylation is 4. The Balaban J connectivity index is 1.24. The molecule has 326 valence electrons. The molecule has 5 heterocycles. The number of nitrogens with one attached hydrogen (secondary N) is 2. The third-order valence-electron chi connectivity index (χ3n) is 10.7. The van der Waals surface area contributed by atoms with Crippen molar-refractivity contribution < 1.29 is 28.7 Å². The molecule has 0 atom stereocenters. The summed E-state index contributed by atoms with van der Waals surface area (Å²) < 4.78 is 17.4. The minimum atomic E-state index is -0.637. The van der Waals surface area contributed by atoms with E-state index in [2.05, 4.69) is 37.6 Å². The molecule has 3 amide bonds. The van der Waals surface area contributed by atoms with Gasteiger partial charge in [-0.15, -0.1) is 11.3 Å². The number of rotatable bonds is 18. The summed E-state index contributed by atoms with van der Waals surface area (Å²) in [6.45, 7) is 13.7. The zero-order chi connectivity index (χ0) is 44.1. The molecule has 4 aromatic heterocycles. The van der Waals surface area contributed by atoms with Gasteiger partial charge >= 0.3 is 0 Å². The summed E-state index contributed by atoms with van der Waals surface area (Å²) in [5.74, 6) is -0.124. The van der Waals surface area contributed by atoms with Crippen molar-refractivity contribution in [1.29, 1.82) is 0 Å². The molecule has 2 aromatic carbocycles. The van der Waals surface area contributed by atoms with Crippen LogP contribution in [0.25, 0.3) is 22.1 Å². The van der Waals surface area contributed by atoms with Crippen LogP contribution >= 0.6 is 11.3 Å². The predicted molar refractivity (Wildman–Crippen MR) is 238 cm³/mol. The zero-order valence-corrected chi connectivity index (χ0v) is 36.7. The second kappa shape index (κ2) is 19.1. The summed E-state index contributed by atoms with van der Waals surface area (Å²) in [5, 5.41) is 11.1. The van der Waals surface area contributed by atoms with Crippen molar-refractivity contribution in [1.82, 2.24) is 43.7 Å². The Hall–Kier alpha value is -6.44. The SMILES string of the molecule is CCc1nc(C)sc1C(=O)Nc1nc2cc(C(N)=O)cc(OCCCN3CCN(C)CC3)c2n1C/C=C/Cn1c(NC(=O)c2cc(C)nn2CC)nc2cc(C=O)cc(OC)c21. The molecule has 0 aliphatic carbocycles. The lowest BCUT2D eigenvalue weighted by Crippen LogP contribution is -2.44. The summed E-state index contributed by atoms with van der Waals surface area (Å²) in [6, 6.07) is 8.17. The summed E-state index contributed by atoms with van der Waals surface area (Å²) in [6.07, 6.45) is 5.82. The second-order valence-corrected chi connectivity index (χ2v) is 16.3. The van der Waals surface area contributed by atoms with Gasteiger partial charge < -0.3 is 34.1 Å². The number of thiazole rings is 1. The minimum absolute atomic E-state index is 0.206. The highest BCUT2D eigenvalue weighted by Crippen LogP contribution is 2.33. The molecule has 19 heteroatoms. The van der Waals surface area contributed by atoms with Gasteiger partial charge in [0.15, 0.2) is 0 Å². The highest BCUT2D eigenvalue weighted by molar-refractivity contribution is 7.13. The number of carbonyl (C=O) groups excluding carboxylic acids is 4. The second-order valence-electron chi connectivity index (χ2n) is 15.1. The number of primary amides is 1. The van der Waals surface area contributed by atoms with Gasteiger partial charge in [-0.3, -0.25) is 34.5 Å². The average molecular weight is 865 g/mol. The number of likely N-dealkylation sites (N-methyl/N-ethyl adjacent to an activating group) is 1. The van der Waals surface area contributed by atoms with E-state index in [1.807, 2.05) is 44.4 Å². The Morgan fingerprint density at radius 2 is 1.53 bits per heavy atom. The number of aromatic nitrogens is 7. The number of nitrogens with zero attached hydrogens (tertiary/aromatic N) is 9. The number of nitrogens with two attached hydrogens (primary N) is 1. The molecule has 0 bridgehead atoms. The molecule has 1 aliphatic rings. The fraction of sp³-hybridized carbons (Fsp3) is 0.395. The number of imidazole rings is 2. The summed E-state index contributed by atoms with van der Waals surface area (Å²) in [7, 11) is 3.63. The van der Waals surface area contributed by atoms with Crippen molar-refractivity contribution in [3.63, 3.8) is 0 Å². The van der Waals surface area contributed by atoms with Crippen molar-refractivity contribution in [2.75, 3.05) is 64.1 Å². The number of hydrogen-bond acceptors (Lipinski definition) is 13. The van der Waals surface area contributed by atoms with Gasteiger partial charge in [-0.2, -0.15) is 5.10 Å². The van der Waals surface area contributed by atoms with Crippen LogP contribution in [0.5, 0.6) is 11.5 Å². The number of amides is 3. The molecule has 6 aromatic rings. The number of benzene rings is 2. The summed E-state index contributed by atoms with van der Waals surface area (Å²) >= 11 is 1.31. The van der Waals surface area contributed by atoms with E-state index in [9.17, 15) is 19.2 Å². The Kier molecular flexibility index (Phi) is 13.4. The van der Waals surface area contributed by atoms with E-state index in [4.69, 9.17) is 25.2 Å². The number of allylic oxidation sites excluding steroid dienone is 2. The molecule has 62 heavy (non-hydrogen) atoms. The Morgan fingerprint density at radius 3 is 2.16 bits per heavy atom. The third-order valence-corrected chi connectivity index (χ3v) is 11.7. The van der Waals surface area contributed by atoms with Gasteiger partial charge in [-0.05, 0) is 71.0 Å². The molecular formula is C43H52N12O6S. The molecule has 1 saturated heterocycles. The number of piperazine rings is 1. The topological polar surface area (TPSA) is 210 Å². The molecular weight excluding hydrogens is 813 g/mol. The fourth-order valence-corrected chi connectivity index (χ4v) is 8.49. The third kappa shape index (κ3) is 9.39. The lowest BCUT2D eigenvalue weighted by molar-refractivity contribution is 0.0995. The average Bonchev–Trinajstić information content (AvgIpc) is 4.03. The smallest absolute Gasteiger partial charge is 0.276 e. The van der Waals surface area contributed by atoms with Crippen LogP contribution < -0.4 is 25.8 Å². The van der Waals surface area contributed by atoms with E-state index >= 15 is 0 Å². The van der Waals surface area contributed by atoms with E-state index < -0.39 is 11.8 Å². The monoisotopic (exact) mass is 864 g/mol. The van der Waals surface area contributed by atoms with Gasteiger partial charge in [0.05, 0.1) is 41.1 Å². The minimum Gasteiger partial charge on any atom is -0.494 e. The molecule has 0 saturated carbocycles. The maximum absolute atomic E-state index is 13.9. The molecule has 1 aliphatic heterocycles. The largest absolute Gasteiger partial charge is 0.494 e. The van der Waals surface area contributed by atoms with Crippen molar-refractivity contribution in [2.24, 2.45) is 5.73 Å². The quantitative estimate of drug-likeness (QED) is 0.0597. The van der Waals surface area contributed by atoms with Gasteiger partial charge in [-0.1, -0.05) is 19.1 Å².